The van der Waals surface area contributed by atoms with E-state index in [1.807, 2.05) is 6.07 Å². The van der Waals surface area contributed by atoms with Crippen LogP contribution in [0.3, 0.4) is 0 Å². The number of rotatable bonds is 6. The molecule has 1 aromatic carbocycles. The lowest BCUT2D eigenvalue weighted by atomic mass is 9.92. The summed E-state index contributed by atoms with van der Waals surface area (Å²) in [5, 5.41) is 3.54. The van der Waals surface area contributed by atoms with Crippen molar-refractivity contribution in [2.45, 2.75) is 39.7 Å². The summed E-state index contributed by atoms with van der Waals surface area (Å²) < 4.78 is 0. The Morgan fingerprint density at radius 2 is 1.82 bits per heavy atom. The minimum Gasteiger partial charge on any atom is -0.312 e. The van der Waals surface area contributed by atoms with E-state index in [0.29, 0.717) is 17.3 Å². The molecule has 96 valence electrons. The van der Waals surface area contributed by atoms with Gasteiger partial charge in [-0.3, -0.25) is 0 Å². The molecule has 0 saturated carbocycles. The summed E-state index contributed by atoms with van der Waals surface area (Å²) in [5.74, 6) is 0.666. The Balaban J connectivity index is 2.34. The Labute approximate surface area is 111 Å². The van der Waals surface area contributed by atoms with Crippen molar-refractivity contribution in [3.8, 4) is 0 Å². The van der Waals surface area contributed by atoms with E-state index in [9.17, 15) is 0 Å². The third kappa shape index (κ3) is 6.70. The lowest BCUT2D eigenvalue weighted by molar-refractivity contribution is 0.357. The Hall–Kier alpha value is -0.530. The molecule has 0 radical (unpaired) electrons. The average molecular weight is 254 g/mol. The van der Waals surface area contributed by atoms with Crippen LogP contribution in [-0.2, 0) is 6.42 Å². The highest BCUT2D eigenvalue weighted by Gasteiger charge is 2.12. The third-order valence-corrected chi connectivity index (χ3v) is 3.19. The average Bonchev–Trinajstić information content (AvgIpc) is 2.27. The van der Waals surface area contributed by atoms with Gasteiger partial charge in [0, 0.05) is 11.9 Å². The minimum atomic E-state index is 0.376. The number of benzene rings is 1. The second kappa shape index (κ2) is 7.03. The smallest absolute Gasteiger partial charge is 0.0380 e. The summed E-state index contributed by atoms with van der Waals surface area (Å²) in [7, 11) is 0. The quantitative estimate of drug-likeness (QED) is 0.759. The number of nitrogens with one attached hydrogen (secondary N) is 1. The fourth-order valence-electron chi connectivity index (χ4n) is 1.73. The molecule has 0 spiro atoms. The lowest BCUT2D eigenvalue weighted by Crippen LogP contribution is -2.34. The van der Waals surface area contributed by atoms with Crippen molar-refractivity contribution >= 4 is 11.6 Å². The van der Waals surface area contributed by atoms with Gasteiger partial charge in [-0.25, -0.2) is 0 Å². The Kier molecular flexibility index (Phi) is 6.01. The summed E-state index contributed by atoms with van der Waals surface area (Å²) in [6, 6.07) is 10.9. The van der Waals surface area contributed by atoms with Gasteiger partial charge in [-0.2, -0.15) is 0 Å². The molecule has 1 nitrogen and oxygen atoms in total. The van der Waals surface area contributed by atoms with E-state index in [2.05, 4.69) is 50.4 Å². The van der Waals surface area contributed by atoms with Crippen LogP contribution in [0.4, 0.5) is 0 Å². The monoisotopic (exact) mass is 253 g/mol. The molecule has 1 unspecified atom stereocenters. The SMILES string of the molecule is CC(C)(C)CCNC(CCl)Cc1ccccc1. The van der Waals surface area contributed by atoms with E-state index in [-0.39, 0.29) is 0 Å². The van der Waals surface area contributed by atoms with Gasteiger partial charge in [0.15, 0.2) is 0 Å². The lowest BCUT2D eigenvalue weighted by Gasteiger charge is -2.21. The Morgan fingerprint density at radius 3 is 2.35 bits per heavy atom. The topological polar surface area (TPSA) is 12.0 Å². The third-order valence-electron chi connectivity index (χ3n) is 2.82. The van der Waals surface area contributed by atoms with Crippen LogP contribution in [0, 0.1) is 5.41 Å². The molecule has 0 aliphatic carbocycles. The number of alkyl halides is 1. The Bertz CT molecular complexity index is 302. The molecule has 0 fully saturated rings. The number of halogens is 1. The molecule has 0 aliphatic heterocycles. The summed E-state index contributed by atoms with van der Waals surface area (Å²) in [6.07, 6.45) is 2.18. The van der Waals surface area contributed by atoms with Gasteiger partial charge in [-0.15, -0.1) is 11.6 Å². The van der Waals surface area contributed by atoms with Gasteiger partial charge in [0.1, 0.15) is 0 Å². The molecule has 1 N–H and O–H groups in total. The van der Waals surface area contributed by atoms with Gasteiger partial charge in [0.05, 0.1) is 0 Å². The van der Waals surface area contributed by atoms with E-state index >= 15 is 0 Å². The minimum absolute atomic E-state index is 0.376. The fourth-order valence-corrected chi connectivity index (χ4v) is 1.95. The van der Waals surface area contributed by atoms with Crippen LogP contribution in [0.15, 0.2) is 30.3 Å². The highest BCUT2D eigenvalue weighted by molar-refractivity contribution is 6.18. The van der Waals surface area contributed by atoms with Crippen LogP contribution in [0.2, 0.25) is 0 Å². The van der Waals surface area contributed by atoms with E-state index in [1.54, 1.807) is 0 Å². The first-order valence-electron chi connectivity index (χ1n) is 6.34. The van der Waals surface area contributed by atoms with E-state index in [4.69, 9.17) is 11.6 Å². The first-order chi connectivity index (χ1) is 8.01. The van der Waals surface area contributed by atoms with Gasteiger partial charge in [0.25, 0.3) is 0 Å². The van der Waals surface area contributed by atoms with Crippen molar-refractivity contribution in [2.75, 3.05) is 12.4 Å². The molecule has 0 bridgehead atoms. The molecule has 0 amide bonds. The fraction of sp³-hybridized carbons (Fsp3) is 0.600. The maximum atomic E-state index is 6.00. The van der Waals surface area contributed by atoms with E-state index < -0.39 is 0 Å². The maximum absolute atomic E-state index is 6.00. The van der Waals surface area contributed by atoms with Crippen LogP contribution in [0.5, 0.6) is 0 Å². The van der Waals surface area contributed by atoms with Gasteiger partial charge in [-0.05, 0) is 30.4 Å². The van der Waals surface area contributed by atoms with Gasteiger partial charge >= 0.3 is 0 Å². The summed E-state index contributed by atoms with van der Waals surface area (Å²) in [4.78, 5) is 0. The first kappa shape index (κ1) is 14.5. The second-order valence-corrected chi connectivity index (χ2v) is 6.11. The number of hydrogen-bond donors (Lipinski definition) is 1. The van der Waals surface area contributed by atoms with Crippen LogP contribution >= 0.6 is 11.6 Å². The van der Waals surface area contributed by atoms with Crippen LogP contribution in [0.25, 0.3) is 0 Å². The maximum Gasteiger partial charge on any atom is 0.0380 e. The standard InChI is InChI=1S/C15H24ClN/c1-15(2,3)9-10-17-14(12-16)11-13-7-5-4-6-8-13/h4-8,14,17H,9-12H2,1-3H3. The molecule has 1 rings (SSSR count). The number of hydrogen-bond acceptors (Lipinski definition) is 1. The van der Waals surface area contributed by atoms with Gasteiger partial charge in [-0.1, -0.05) is 51.1 Å². The molecule has 0 aliphatic rings. The Morgan fingerprint density at radius 1 is 1.18 bits per heavy atom. The van der Waals surface area contributed by atoms with Crippen molar-refractivity contribution in [3.63, 3.8) is 0 Å². The zero-order chi connectivity index (χ0) is 12.7. The molecule has 0 saturated heterocycles. The summed E-state index contributed by atoms with van der Waals surface area (Å²) in [6.45, 7) is 7.83. The molecular formula is C15H24ClN. The van der Waals surface area contributed by atoms with Crippen molar-refractivity contribution in [1.82, 2.24) is 5.32 Å². The zero-order valence-electron chi connectivity index (χ0n) is 11.2. The normalized spacial score (nSPS) is 13.6. The first-order valence-corrected chi connectivity index (χ1v) is 6.88. The molecular weight excluding hydrogens is 230 g/mol. The molecule has 0 heterocycles. The van der Waals surface area contributed by atoms with Crippen molar-refractivity contribution in [1.29, 1.82) is 0 Å². The van der Waals surface area contributed by atoms with Crippen molar-refractivity contribution < 1.29 is 0 Å². The predicted molar refractivity (Wildman–Crippen MR) is 76.7 cm³/mol. The van der Waals surface area contributed by atoms with Crippen LogP contribution < -0.4 is 5.32 Å². The highest BCUT2D eigenvalue weighted by Crippen LogP contribution is 2.17. The van der Waals surface area contributed by atoms with E-state index in [1.165, 1.54) is 12.0 Å². The molecule has 0 aromatic heterocycles. The van der Waals surface area contributed by atoms with Crippen molar-refractivity contribution in [3.05, 3.63) is 35.9 Å². The summed E-state index contributed by atoms with van der Waals surface area (Å²) in [5.41, 5.74) is 1.73. The van der Waals surface area contributed by atoms with Crippen molar-refractivity contribution in [2.24, 2.45) is 5.41 Å². The predicted octanol–water partition coefficient (Wildman–Crippen LogP) is 3.86. The van der Waals surface area contributed by atoms with Gasteiger partial charge < -0.3 is 5.32 Å². The second-order valence-electron chi connectivity index (χ2n) is 5.81. The summed E-state index contributed by atoms with van der Waals surface area (Å²) >= 11 is 6.00. The van der Waals surface area contributed by atoms with E-state index in [0.717, 1.165) is 13.0 Å². The van der Waals surface area contributed by atoms with Crippen LogP contribution in [0.1, 0.15) is 32.8 Å². The largest absolute Gasteiger partial charge is 0.312 e. The van der Waals surface area contributed by atoms with Crippen LogP contribution in [-0.4, -0.2) is 18.5 Å². The molecule has 2 heteroatoms. The molecule has 17 heavy (non-hydrogen) atoms. The molecule has 1 aromatic rings. The molecule has 1 atom stereocenters. The highest BCUT2D eigenvalue weighted by atomic mass is 35.5. The zero-order valence-corrected chi connectivity index (χ0v) is 11.9. The van der Waals surface area contributed by atoms with Gasteiger partial charge in [0.2, 0.25) is 0 Å².